The Morgan fingerprint density at radius 1 is 1.23 bits per heavy atom. The van der Waals surface area contributed by atoms with Gasteiger partial charge in [-0.2, -0.15) is 4.98 Å². The number of nitro groups is 1. The minimum atomic E-state index is -0.516. The van der Waals surface area contributed by atoms with Gasteiger partial charge in [-0.1, -0.05) is 23.2 Å². The van der Waals surface area contributed by atoms with Crippen molar-refractivity contribution in [2.45, 2.75) is 0 Å². The minimum Gasteiger partial charge on any atom is -0.484 e. The van der Waals surface area contributed by atoms with Crippen molar-refractivity contribution in [3.63, 3.8) is 0 Å². The third-order valence-electron chi connectivity index (χ3n) is 3.96. The van der Waals surface area contributed by atoms with Crippen molar-refractivity contribution >= 4 is 57.0 Å². The van der Waals surface area contributed by atoms with E-state index in [0.717, 1.165) is 5.56 Å². The number of rotatable bonds is 6. The van der Waals surface area contributed by atoms with E-state index < -0.39 is 10.8 Å². The number of aromatic nitrogens is 3. The highest BCUT2D eigenvalue weighted by atomic mass is 35.5. The van der Waals surface area contributed by atoms with Gasteiger partial charge in [0.05, 0.1) is 15.6 Å². The SMILES string of the molecule is O=C(COc1ccc([N+](=O)[O-])cc1)Nc1nc2scc(-c3ccc(Cl)cc3Cl)n2n1. The van der Waals surface area contributed by atoms with E-state index in [0.29, 0.717) is 26.4 Å². The normalized spacial score (nSPS) is 10.9. The Balaban J connectivity index is 1.44. The van der Waals surface area contributed by atoms with Gasteiger partial charge in [0.1, 0.15) is 5.75 Å². The lowest BCUT2D eigenvalue weighted by atomic mass is 10.2. The lowest BCUT2D eigenvalue weighted by Gasteiger charge is -2.05. The topological polar surface area (TPSA) is 112 Å². The first-order valence-corrected chi connectivity index (χ1v) is 10.0. The summed E-state index contributed by atoms with van der Waals surface area (Å²) in [4.78, 5) is 27.1. The molecule has 1 N–H and O–H groups in total. The molecule has 30 heavy (non-hydrogen) atoms. The smallest absolute Gasteiger partial charge is 0.269 e. The molecule has 0 aliphatic carbocycles. The van der Waals surface area contributed by atoms with E-state index in [1.54, 1.807) is 22.7 Å². The Labute approximate surface area is 183 Å². The molecule has 0 fully saturated rings. The van der Waals surface area contributed by atoms with Crippen LogP contribution in [0.15, 0.2) is 47.8 Å². The van der Waals surface area contributed by atoms with Gasteiger partial charge in [-0.25, -0.2) is 4.52 Å². The molecule has 12 heteroatoms. The van der Waals surface area contributed by atoms with Crippen molar-refractivity contribution in [2.75, 3.05) is 11.9 Å². The zero-order chi connectivity index (χ0) is 21.3. The molecule has 4 aromatic rings. The maximum atomic E-state index is 12.1. The van der Waals surface area contributed by atoms with Crippen molar-refractivity contribution in [3.05, 3.63) is 68.0 Å². The van der Waals surface area contributed by atoms with Gasteiger partial charge in [-0.3, -0.25) is 20.2 Å². The maximum absolute atomic E-state index is 12.1. The number of non-ortho nitro benzene ring substituents is 1. The van der Waals surface area contributed by atoms with E-state index in [1.807, 2.05) is 5.38 Å². The fourth-order valence-electron chi connectivity index (χ4n) is 2.59. The molecule has 0 saturated carbocycles. The number of thiazole rings is 1. The second-order valence-electron chi connectivity index (χ2n) is 5.96. The molecule has 0 aliphatic rings. The summed E-state index contributed by atoms with van der Waals surface area (Å²) < 4.78 is 6.90. The predicted octanol–water partition coefficient (Wildman–Crippen LogP) is 4.69. The summed E-state index contributed by atoms with van der Waals surface area (Å²) in [6, 6.07) is 10.6. The molecule has 0 atom stereocenters. The number of carbonyl (C=O) groups excluding carboxylic acids is 1. The first-order chi connectivity index (χ1) is 14.4. The molecule has 2 aromatic carbocycles. The number of hydrogen-bond acceptors (Lipinski definition) is 7. The van der Waals surface area contributed by atoms with Crippen LogP contribution in [-0.4, -0.2) is 32.0 Å². The van der Waals surface area contributed by atoms with Gasteiger partial charge in [0.25, 0.3) is 17.5 Å². The van der Waals surface area contributed by atoms with Crippen molar-refractivity contribution in [3.8, 4) is 17.0 Å². The highest BCUT2D eigenvalue weighted by Crippen LogP contribution is 2.33. The average molecular weight is 464 g/mol. The monoisotopic (exact) mass is 463 g/mol. The molecule has 0 radical (unpaired) electrons. The molecular weight excluding hydrogens is 453 g/mol. The van der Waals surface area contributed by atoms with Crippen LogP contribution in [-0.2, 0) is 4.79 Å². The number of ether oxygens (including phenoxy) is 1. The molecular formula is C18H11Cl2N5O4S. The van der Waals surface area contributed by atoms with Crippen LogP contribution in [0.2, 0.25) is 10.0 Å². The summed E-state index contributed by atoms with van der Waals surface area (Å²) in [5.74, 6) is -0.0302. The van der Waals surface area contributed by atoms with Crippen molar-refractivity contribution in [1.29, 1.82) is 0 Å². The van der Waals surface area contributed by atoms with Gasteiger partial charge in [0, 0.05) is 28.1 Å². The third kappa shape index (κ3) is 4.20. The molecule has 0 spiro atoms. The number of benzene rings is 2. The van der Waals surface area contributed by atoms with Gasteiger partial charge < -0.3 is 4.74 Å². The van der Waals surface area contributed by atoms with Crippen LogP contribution in [0.3, 0.4) is 0 Å². The van der Waals surface area contributed by atoms with Crippen molar-refractivity contribution < 1.29 is 14.5 Å². The third-order valence-corrected chi connectivity index (χ3v) is 5.32. The summed E-state index contributed by atoms with van der Waals surface area (Å²) >= 11 is 13.6. The second kappa shape index (κ2) is 8.27. The second-order valence-corrected chi connectivity index (χ2v) is 7.64. The fraction of sp³-hybridized carbons (Fsp3) is 0.0556. The van der Waals surface area contributed by atoms with Gasteiger partial charge in [0.15, 0.2) is 6.61 Å². The summed E-state index contributed by atoms with van der Waals surface area (Å²) in [7, 11) is 0. The van der Waals surface area contributed by atoms with Crippen LogP contribution < -0.4 is 10.1 Å². The Bertz CT molecular complexity index is 1260. The van der Waals surface area contributed by atoms with Crippen LogP contribution in [0.4, 0.5) is 11.6 Å². The summed E-state index contributed by atoms with van der Waals surface area (Å²) in [5, 5.41) is 20.4. The molecule has 0 unspecified atom stereocenters. The minimum absolute atomic E-state index is 0.0642. The number of amides is 1. The molecule has 1 amide bonds. The van der Waals surface area contributed by atoms with Crippen molar-refractivity contribution in [1.82, 2.24) is 14.6 Å². The first-order valence-electron chi connectivity index (χ1n) is 8.37. The zero-order valence-corrected chi connectivity index (χ0v) is 17.2. The lowest BCUT2D eigenvalue weighted by molar-refractivity contribution is -0.384. The van der Waals surface area contributed by atoms with E-state index in [2.05, 4.69) is 15.4 Å². The van der Waals surface area contributed by atoms with Crippen LogP contribution >= 0.6 is 34.5 Å². The number of halogens is 2. The molecule has 0 bridgehead atoms. The largest absolute Gasteiger partial charge is 0.484 e. The summed E-state index contributed by atoms with van der Waals surface area (Å²) in [6.45, 7) is -0.305. The van der Waals surface area contributed by atoms with E-state index >= 15 is 0 Å². The molecule has 9 nitrogen and oxygen atoms in total. The van der Waals surface area contributed by atoms with Gasteiger partial charge >= 0.3 is 0 Å². The Morgan fingerprint density at radius 2 is 2.00 bits per heavy atom. The summed E-state index contributed by atoms with van der Waals surface area (Å²) in [5.41, 5.74) is 1.38. The number of nitrogens with one attached hydrogen (secondary N) is 1. The highest BCUT2D eigenvalue weighted by Gasteiger charge is 2.16. The first kappa shape index (κ1) is 20.1. The molecule has 0 aliphatic heterocycles. The number of carbonyl (C=O) groups is 1. The van der Waals surface area contributed by atoms with Crippen LogP contribution in [0.1, 0.15) is 0 Å². The van der Waals surface area contributed by atoms with Crippen LogP contribution in [0.25, 0.3) is 16.2 Å². The van der Waals surface area contributed by atoms with E-state index in [-0.39, 0.29) is 18.2 Å². The van der Waals surface area contributed by atoms with Gasteiger partial charge in [0.2, 0.25) is 4.96 Å². The van der Waals surface area contributed by atoms with E-state index in [1.165, 1.54) is 35.6 Å². The number of nitro benzene ring substituents is 1. The van der Waals surface area contributed by atoms with E-state index in [9.17, 15) is 14.9 Å². The Hall–Kier alpha value is -3.21. The lowest BCUT2D eigenvalue weighted by Crippen LogP contribution is -2.21. The number of anilines is 1. The number of nitrogens with zero attached hydrogens (tertiary/aromatic N) is 4. The number of fused-ring (bicyclic) bond motifs is 1. The molecule has 0 saturated heterocycles. The molecule has 152 valence electrons. The predicted molar refractivity (Wildman–Crippen MR) is 114 cm³/mol. The molecule has 2 aromatic heterocycles. The fourth-order valence-corrected chi connectivity index (χ4v) is 3.92. The highest BCUT2D eigenvalue weighted by molar-refractivity contribution is 7.15. The summed E-state index contributed by atoms with van der Waals surface area (Å²) in [6.07, 6.45) is 0. The van der Waals surface area contributed by atoms with Crippen LogP contribution in [0, 0.1) is 10.1 Å². The Kier molecular flexibility index (Phi) is 5.53. The Morgan fingerprint density at radius 3 is 2.70 bits per heavy atom. The maximum Gasteiger partial charge on any atom is 0.269 e. The van der Waals surface area contributed by atoms with E-state index in [4.69, 9.17) is 27.9 Å². The van der Waals surface area contributed by atoms with Gasteiger partial charge in [-0.15, -0.1) is 16.4 Å². The quantitative estimate of drug-likeness (QED) is 0.327. The standard InChI is InChI=1S/C18H11Cl2N5O4S/c19-10-1-6-13(14(20)7-10)15-9-30-18-22-17(23-24(15)18)21-16(26)8-29-12-4-2-11(3-5-12)25(27)28/h1-7,9H,8H2,(H,21,23,26). The molecule has 2 heterocycles. The molecule has 4 rings (SSSR count). The van der Waals surface area contributed by atoms with Gasteiger partial charge in [-0.05, 0) is 30.3 Å². The zero-order valence-electron chi connectivity index (χ0n) is 14.9. The van der Waals surface area contributed by atoms with Crippen molar-refractivity contribution in [2.24, 2.45) is 0 Å². The van der Waals surface area contributed by atoms with Crippen LogP contribution in [0.5, 0.6) is 5.75 Å². The average Bonchev–Trinajstić information content (AvgIpc) is 3.27. The number of hydrogen-bond donors (Lipinski definition) is 1.